The highest BCUT2D eigenvalue weighted by Crippen LogP contribution is 2.12. The summed E-state index contributed by atoms with van der Waals surface area (Å²) in [5.74, 6) is 0.844. The SMILES string of the molecule is CCNC(=NCc1ccccc1Cn1cccn1)NCC(C)(C)N(C)C. The van der Waals surface area contributed by atoms with Crippen LogP contribution >= 0.6 is 0 Å². The third-order valence-electron chi connectivity index (χ3n) is 4.66. The summed E-state index contributed by atoms with van der Waals surface area (Å²) in [6.07, 6.45) is 3.79. The highest BCUT2D eigenvalue weighted by molar-refractivity contribution is 5.79. The maximum absolute atomic E-state index is 4.78. The Bertz CT molecular complexity index is 688. The predicted octanol–water partition coefficient (Wildman–Crippen LogP) is 2.33. The molecule has 0 saturated heterocycles. The van der Waals surface area contributed by atoms with E-state index in [2.05, 4.69) is 79.8 Å². The smallest absolute Gasteiger partial charge is 0.191 e. The van der Waals surface area contributed by atoms with Crippen LogP contribution in [0.2, 0.25) is 0 Å². The van der Waals surface area contributed by atoms with Crippen molar-refractivity contribution in [2.45, 2.75) is 39.4 Å². The number of hydrogen-bond acceptors (Lipinski definition) is 3. The van der Waals surface area contributed by atoms with Crippen LogP contribution in [0.4, 0.5) is 0 Å². The molecule has 0 spiro atoms. The summed E-state index contributed by atoms with van der Waals surface area (Å²) in [6, 6.07) is 10.3. The second kappa shape index (κ2) is 9.38. The zero-order valence-electron chi connectivity index (χ0n) is 16.7. The molecule has 2 N–H and O–H groups in total. The molecule has 0 amide bonds. The molecule has 0 aliphatic carbocycles. The van der Waals surface area contributed by atoms with E-state index in [0.717, 1.165) is 25.6 Å². The Morgan fingerprint density at radius 3 is 2.50 bits per heavy atom. The largest absolute Gasteiger partial charge is 0.357 e. The van der Waals surface area contributed by atoms with Crippen LogP contribution in [-0.2, 0) is 13.1 Å². The van der Waals surface area contributed by atoms with Gasteiger partial charge >= 0.3 is 0 Å². The maximum Gasteiger partial charge on any atom is 0.191 e. The molecule has 2 rings (SSSR count). The van der Waals surface area contributed by atoms with Crippen LogP contribution in [0.1, 0.15) is 31.9 Å². The molecule has 26 heavy (non-hydrogen) atoms. The molecule has 6 heteroatoms. The van der Waals surface area contributed by atoms with Crippen molar-refractivity contribution in [2.24, 2.45) is 4.99 Å². The summed E-state index contributed by atoms with van der Waals surface area (Å²) in [5.41, 5.74) is 2.50. The molecule has 2 aromatic rings. The number of likely N-dealkylation sites (N-methyl/N-ethyl adjacent to an activating group) is 1. The summed E-state index contributed by atoms with van der Waals surface area (Å²) >= 11 is 0. The van der Waals surface area contributed by atoms with E-state index in [1.165, 1.54) is 11.1 Å². The monoisotopic (exact) mass is 356 g/mol. The molecule has 6 nitrogen and oxygen atoms in total. The van der Waals surface area contributed by atoms with Crippen molar-refractivity contribution in [1.29, 1.82) is 0 Å². The van der Waals surface area contributed by atoms with Crippen LogP contribution in [0.5, 0.6) is 0 Å². The topological polar surface area (TPSA) is 57.5 Å². The van der Waals surface area contributed by atoms with Gasteiger partial charge in [-0.3, -0.25) is 4.68 Å². The number of hydrogen-bond donors (Lipinski definition) is 2. The number of rotatable bonds is 8. The van der Waals surface area contributed by atoms with Crippen molar-refractivity contribution in [3.8, 4) is 0 Å². The van der Waals surface area contributed by atoms with Gasteiger partial charge < -0.3 is 15.5 Å². The molecule has 0 saturated carbocycles. The van der Waals surface area contributed by atoms with E-state index >= 15 is 0 Å². The van der Waals surface area contributed by atoms with Gasteiger partial charge in [-0.15, -0.1) is 0 Å². The predicted molar refractivity (Wildman–Crippen MR) is 108 cm³/mol. The lowest BCUT2D eigenvalue weighted by Gasteiger charge is -2.33. The molecule has 1 aromatic carbocycles. The third-order valence-corrected chi connectivity index (χ3v) is 4.66. The summed E-state index contributed by atoms with van der Waals surface area (Å²) < 4.78 is 1.94. The first-order chi connectivity index (χ1) is 12.4. The quantitative estimate of drug-likeness (QED) is 0.563. The Hall–Kier alpha value is -2.34. The molecule has 1 heterocycles. The van der Waals surface area contributed by atoms with Gasteiger partial charge in [-0.25, -0.2) is 4.99 Å². The number of benzene rings is 1. The van der Waals surface area contributed by atoms with Gasteiger partial charge in [-0.1, -0.05) is 24.3 Å². The molecule has 0 fully saturated rings. The number of aliphatic imine (C=N–C) groups is 1. The molecule has 0 aliphatic rings. The van der Waals surface area contributed by atoms with Gasteiger partial charge in [-0.2, -0.15) is 5.10 Å². The molecule has 0 radical (unpaired) electrons. The lowest BCUT2D eigenvalue weighted by Crippen LogP contribution is -2.50. The Morgan fingerprint density at radius 1 is 1.15 bits per heavy atom. The van der Waals surface area contributed by atoms with Gasteiger partial charge in [-0.05, 0) is 52.1 Å². The minimum Gasteiger partial charge on any atom is -0.357 e. The fourth-order valence-electron chi connectivity index (χ4n) is 2.40. The van der Waals surface area contributed by atoms with Crippen LogP contribution in [0, 0.1) is 0 Å². The highest BCUT2D eigenvalue weighted by Gasteiger charge is 2.20. The third kappa shape index (κ3) is 5.88. The second-order valence-corrected chi connectivity index (χ2v) is 7.23. The van der Waals surface area contributed by atoms with Crippen molar-refractivity contribution in [3.05, 3.63) is 53.9 Å². The van der Waals surface area contributed by atoms with Gasteiger partial charge in [0.25, 0.3) is 0 Å². The van der Waals surface area contributed by atoms with E-state index in [4.69, 9.17) is 4.99 Å². The van der Waals surface area contributed by atoms with E-state index in [1.54, 1.807) is 6.20 Å². The van der Waals surface area contributed by atoms with Crippen molar-refractivity contribution in [1.82, 2.24) is 25.3 Å². The van der Waals surface area contributed by atoms with Gasteiger partial charge in [0.2, 0.25) is 0 Å². The fraction of sp³-hybridized carbons (Fsp3) is 0.500. The lowest BCUT2D eigenvalue weighted by molar-refractivity contribution is 0.197. The van der Waals surface area contributed by atoms with Crippen molar-refractivity contribution < 1.29 is 0 Å². The molecular weight excluding hydrogens is 324 g/mol. The zero-order valence-corrected chi connectivity index (χ0v) is 16.7. The number of guanidine groups is 1. The first kappa shape index (κ1) is 20.0. The van der Waals surface area contributed by atoms with E-state index < -0.39 is 0 Å². The normalized spacial score (nSPS) is 12.5. The number of nitrogens with one attached hydrogen (secondary N) is 2. The van der Waals surface area contributed by atoms with Crippen LogP contribution in [0.3, 0.4) is 0 Å². The molecular formula is C20H32N6. The Morgan fingerprint density at radius 2 is 1.88 bits per heavy atom. The first-order valence-electron chi connectivity index (χ1n) is 9.16. The van der Waals surface area contributed by atoms with Crippen molar-refractivity contribution >= 4 is 5.96 Å². The van der Waals surface area contributed by atoms with E-state index in [1.807, 2.05) is 16.9 Å². The standard InChI is InChI=1S/C20H32N6/c1-6-21-19(23-16-20(2,3)25(4)5)22-14-17-10-7-8-11-18(17)15-26-13-9-12-24-26/h7-13H,6,14-16H2,1-5H3,(H2,21,22,23). The van der Waals surface area contributed by atoms with Gasteiger partial charge in [0.15, 0.2) is 5.96 Å². The summed E-state index contributed by atoms with van der Waals surface area (Å²) in [7, 11) is 4.19. The van der Waals surface area contributed by atoms with E-state index in [0.29, 0.717) is 6.54 Å². The van der Waals surface area contributed by atoms with Gasteiger partial charge in [0.05, 0.1) is 13.1 Å². The molecule has 1 aromatic heterocycles. The van der Waals surface area contributed by atoms with Crippen LogP contribution in [0.15, 0.2) is 47.7 Å². The van der Waals surface area contributed by atoms with E-state index in [9.17, 15) is 0 Å². The van der Waals surface area contributed by atoms with Crippen LogP contribution in [-0.4, -0.2) is 53.4 Å². The number of aromatic nitrogens is 2. The van der Waals surface area contributed by atoms with Crippen LogP contribution < -0.4 is 10.6 Å². The summed E-state index contributed by atoms with van der Waals surface area (Å²) in [4.78, 5) is 6.99. The summed E-state index contributed by atoms with van der Waals surface area (Å²) in [5, 5.41) is 11.1. The Labute approximate surface area is 157 Å². The summed E-state index contributed by atoms with van der Waals surface area (Å²) in [6.45, 7) is 9.56. The molecule has 0 unspecified atom stereocenters. The zero-order chi connectivity index (χ0) is 19.0. The Kier molecular flexibility index (Phi) is 7.21. The highest BCUT2D eigenvalue weighted by atomic mass is 15.3. The van der Waals surface area contributed by atoms with Crippen molar-refractivity contribution in [2.75, 3.05) is 27.2 Å². The van der Waals surface area contributed by atoms with Gasteiger partial charge in [0.1, 0.15) is 0 Å². The van der Waals surface area contributed by atoms with E-state index in [-0.39, 0.29) is 5.54 Å². The average molecular weight is 357 g/mol. The number of nitrogens with zero attached hydrogens (tertiary/aromatic N) is 4. The lowest BCUT2D eigenvalue weighted by atomic mass is 10.0. The minimum absolute atomic E-state index is 0.0498. The minimum atomic E-state index is 0.0498. The average Bonchev–Trinajstić information content (AvgIpc) is 3.11. The maximum atomic E-state index is 4.78. The van der Waals surface area contributed by atoms with Crippen LogP contribution in [0.25, 0.3) is 0 Å². The second-order valence-electron chi connectivity index (χ2n) is 7.23. The van der Waals surface area contributed by atoms with Crippen molar-refractivity contribution in [3.63, 3.8) is 0 Å². The molecule has 0 bridgehead atoms. The molecule has 0 aliphatic heterocycles. The van der Waals surface area contributed by atoms with Gasteiger partial charge in [0, 0.05) is 31.0 Å². The first-order valence-corrected chi connectivity index (χ1v) is 9.16. The Balaban J connectivity index is 2.07. The molecule has 142 valence electrons. The molecule has 0 atom stereocenters. The fourth-order valence-corrected chi connectivity index (χ4v) is 2.40.